The van der Waals surface area contributed by atoms with Crippen LogP contribution < -0.4 is 10.6 Å². The average Bonchev–Trinajstić information content (AvgIpc) is 3.16. The monoisotopic (exact) mass is 395 g/mol. The van der Waals surface area contributed by atoms with E-state index < -0.39 is 24.5 Å². The second kappa shape index (κ2) is 8.51. The highest BCUT2D eigenvalue weighted by Gasteiger charge is 2.20. The maximum Gasteiger partial charge on any atom is 0.339 e. The Morgan fingerprint density at radius 1 is 1.17 bits per heavy atom. The Kier molecular flexibility index (Phi) is 5.87. The van der Waals surface area contributed by atoms with Crippen LogP contribution in [0.15, 0.2) is 42.6 Å². The molecule has 2 N–H and O–H groups in total. The molecule has 0 atom stereocenters. The lowest BCUT2D eigenvalue weighted by atomic mass is 10.1. The molecule has 0 bridgehead atoms. The normalized spacial score (nSPS) is 10.8. The summed E-state index contributed by atoms with van der Waals surface area (Å²) in [4.78, 5) is 40.3. The minimum absolute atomic E-state index is 0.0354. The largest absolute Gasteiger partial charge is 0.452 e. The molecule has 29 heavy (non-hydrogen) atoms. The van der Waals surface area contributed by atoms with Crippen LogP contribution in [0.4, 0.5) is 4.79 Å². The van der Waals surface area contributed by atoms with Gasteiger partial charge in [0.05, 0.1) is 22.8 Å². The smallest absolute Gasteiger partial charge is 0.339 e. The van der Waals surface area contributed by atoms with Crippen molar-refractivity contribution in [3.8, 4) is 11.3 Å². The van der Waals surface area contributed by atoms with Crippen molar-refractivity contribution in [3.63, 3.8) is 0 Å². The summed E-state index contributed by atoms with van der Waals surface area (Å²) < 4.78 is 6.83. The van der Waals surface area contributed by atoms with Gasteiger partial charge in [0, 0.05) is 18.7 Å². The van der Waals surface area contributed by atoms with Gasteiger partial charge in [-0.2, -0.15) is 5.10 Å². The van der Waals surface area contributed by atoms with Crippen molar-refractivity contribution in [2.45, 2.75) is 19.9 Å². The summed E-state index contributed by atoms with van der Waals surface area (Å²) >= 11 is 0. The molecule has 0 saturated heterocycles. The lowest BCUT2D eigenvalue weighted by Crippen LogP contribution is -2.39. The Morgan fingerprint density at radius 2 is 1.90 bits per heavy atom. The van der Waals surface area contributed by atoms with Crippen LogP contribution in [0.3, 0.4) is 0 Å². The Hall–Kier alpha value is -3.75. The van der Waals surface area contributed by atoms with E-state index in [1.165, 1.54) is 7.05 Å². The lowest BCUT2D eigenvalue weighted by Gasteiger charge is -2.11. The van der Waals surface area contributed by atoms with E-state index in [2.05, 4.69) is 15.4 Å². The number of carbonyl (C=O) groups is 3. The summed E-state index contributed by atoms with van der Waals surface area (Å²) in [6.07, 6.45) is 1.55. The molecule has 0 fully saturated rings. The van der Waals surface area contributed by atoms with Crippen molar-refractivity contribution in [2.24, 2.45) is 0 Å². The van der Waals surface area contributed by atoms with E-state index in [0.717, 1.165) is 5.56 Å². The molecule has 0 radical (unpaired) electrons. The molecule has 2 aromatic heterocycles. The predicted octanol–water partition coefficient (Wildman–Crippen LogP) is 2.29. The zero-order chi connectivity index (χ0) is 21.0. The van der Waals surface area contributed by atoms with Crippen LogP contribution >= 0.6 is 0 Å². The number of benzene rings is 1. The minimum Gasteiger partial charge on any atom is -0.452 e. The summed E-state index contributed by atoms with van der Waals surface area (Å²) in [5, 5.41) is 9.14. The van der Waals surface area contributed by atoms with Crippen molar-refractivity contribution < 1.29 is 19.1 Å². The summed E-state index contributed by atoms with van der Waals surface area (Å²) in [7, 11) is 1.37. The van der Waals surface area contributed by atoms with Crippen molar-refractivity contribution in [1.82, 2.24) is 25.4 Å². The van der Waals surface area contributed by atoms with E-state index in [4.69, 9.17) is 4.74 Å². The van der Waals surface area contributed by atoms with E-state index >= 15 is 0 Å². The first kappa shape index (κ1) is 20.0. The third-order valence-electron chi connectivity index (χ3n) is 4.16. The van der Waals surface area contributed by atoms with Gasteiger partial charge in [-0.3, -0.25) is 10.1 Å². The number of amides is 3. The first-order valence-electron chi connectivity index (χ1n) is 9.03. The van der Waals surface area contributed by atoms with E-state index in [-0.39, 0.29) is 11.6 Å². The summed E-state index contributed by atoms with van der Waals surface area (Å²) in [6, 6.07) is 10.4. The van der Waals surface area contributed by atoms with Gasteiger partial charge in [0.1, 0.15) is 0 Å². The topological polar surface area (TPSA) is 115 Å². The summed E-state index contributed by atoms with van der Waals surface area (Å²) in [6.45, 7) is 3.34. The summed E-state index contributed by atoms with van der Waals surface area (Å²) in [5.41, 5.74) is 2.20. The first-order valence-corrected chi connectivity index (χ1v) is 9.03. The quantitative estimate of drug-likeness (QED) is 0.641. The second-order valence-electron chi connectivity index (χ2n) is 6.54. The molecule has 3 amide bonds. The van der Waals surface area contributed by atoms with E-state index in [1.54, 1.807) is 16.9 Å². The van der Waals surface area contributed by atoms with Gasteiger partial charge in [-0.25, -0.2) is 19.3 Å². The maximum atomic E-state index is 12.7. The molecule has 0 aliphatic heterocycles. The highest BCUT2D eigenvalue weighted by atomic mass is 16.5. The van der Waals surface area contributed by atoms with Crippen LogP contribution in [-0.4, -0.2) is 46.3 Å². The van der Waals surface area contributed by atoms with E-state index in [0.29, 0.717) is 16.7 Å². The highest BCUT2D eigenvalue weighted by molar-refractivity contribution is 6.04. The molecule has 150 valence electrons. The SMILES string of the molecule is CNC(=O)NC(=O)COC(=O)c1cc(-c2ccccc2)nc2c1cnn2C(C)C. The van der Waals surface area contributed by atoms with Crippen LogP contribution in [0.1, 0.15) is 30.2 Å². The van der Waals surface area contributed by atoms with Crippen molar-refractivity contribution in [3.05, 3.63) is 48.2 Å². The number of rotatable bonds is 5. The van der Waals surface area contributed by atoms with Crippen molar-refractivity contribution in [1.29, 1.82) is 0 Å². The molecule has 0 spiro atoms. The van der Waals surface area contributed by atoms with Crippen molar-refractivity contribution in [2.75, 3.05) is 13.7 Å². The fourth-order valence-corrected chi connectivity index (χ4v) is 2.76. The number of hydrogen-bond acceptors (Lipinski definition) is 6. The van der Waals surface area contributed by atoms with Gasteiger partial charge in [0.15, 0.2) is 12.3 Å². The number of pyridine rings is 1. The number of fused-ring (bicyclic) bond motifs is 1. The molecule has 3 rings (SSSR count). The van der Waals surface area contributed by atoms with Crippen LogP contribution in [0.2, 0.25) is 0 Å². The molecule has 9 heteroatoms. The van der Waals surface area contributed by atoms with E-state index in [9.17, 15) is 14.4 Å². The van der Waals surface area contributed by atoms with Gasteiger partial charge in [-0.15, -0.1) is 0 Å². The summed E-state index contributed by atoms with van der Waals surface area (Å²) in [5.74, 6) is -1.44. The Balaban J connectivity index is 1.96. The number of aromatic nitrogens is 3. The number of nitrogens with zero attached hydrogens (tertiary/aromatic N) is 3. The van der Waals surface area contributed by atoms with Gasteiger partial charge in [-0.1, -0.05) is 30.3 Å². The van der Waals surface area contributed by atoms with Crippen LogP contribution in [-0.2, 0) is 9.53 Å². The van der Waals surface area contributed by atoms with Crippen molar-refractivity contribution >= 4 is 28.9 Å². The van der Waals surface area contributed by atoms with Gasteiger partial charge >= 0.3 is 12.0 Å². The number of hydrogen-bond donors (Lipinski definition) is 2. The maximum absolute atomic E-state index is 12.7. The van der Waals surface area contributed by atoms with Gasteiger partial charge in [0.2, 0.25) is 0 Å². The molecule has 2 heterocycles. The molecule has 0 aliphatic rings. The lowest BCUT2D eigenvalue weighted by molar-refractivity contribution is -0.123. The standard InChI is InChI=1S/C20H21N5O4/c1-12(2)25-18-15(10-22-25)14(9-16(23-18)13-7-5-4-6-8-13)19(27)29-11-17(26)24-20(28)21-3/h4-10,12H,11H2,1-3H3,(H2,21,24,26,28). The molecule has 0 unspecified atom stereocenters. The fraction of sp³-hybridized carbons (Fsp3) is 0.250. The molecule has 9 nitrogen and oxygen atoms in total. The third kappa shape index (κ3) is 4.40. The number of nitrogens with one attached hydrogen (secondary N) is 2. The second-order valence-corrected chi connectivity index (χ2v) is 6.54. The average molecular weight is 395 g/mol. The van der Waals surface area contributed by atoms with Crippen LogP contribution in [0.5, 0.6) is 0 Å². The highest BCUT2D eigenvalue weighted by Crippen LogP contribution is 2.26. The molecule has 0 aliphatic carbocycles. The van der Waals surface area contributed by atoms with Crippen LogP contribution in [0.25, 0.3) is 22.3 Å². The molecule has 3 aromatic rings. The first-order chi connectivity index (χ1) is 13.9. The Labute approximate surface area is 167 Å². The molecule has 1 aromatic carbocycles. The zero-order valence-corrected chi connectivity index (χ0v) is 16.3. The van der Waals surface area contributed by atoms with Gasteiger partial charge < -0.3 is 10.1 Å². The van der Waals surface area contributed by atoms with Gasteiger partial charge in [0.25, 0.3) is 5.91 Å². The Bertz CT molecular complexity index is 1060. The molecular formula is C20H21N5O4. The predicted molar refractivity (Wildman–Crippen MR) is 106 cm³/mol. The number of ether oxygens (including phenoxy) is 1. The number of carbonyl (C=O) groups excluding carboxylic acids is 3. The number of urea groups is 1. The van der Waals surface area contributed by atoms with E-state index in [1.807, 2.05) is 49.5 Å². The fourth-order valence-electron chi connectivity index (χ4n) is 2.76. The van der Waals surface area contributed by atoms with Crippen LogP contribution in [0, 0.1) is 0 Å². The minimum atomic E-state index is -0.732. The Morgan fingerprint density at radius 3 is 2.55 bits per heavy atom. The van der Waals surface area contributed by atoms with Gasteiger partial charge in [-0.05, 0) is 19.9 Å². The number of imide groups is 1. The molecule has 0 saturated carbocycles. The third-order valence-corrected chi connectivity index (χ3v) is 4.16. The zero-order valence-electron chi connectivity index (χ0n) is 16.3. The molecular weight excluding hydrogens is 374 g/mol. The number of esters is 1.